The molecule has 1 heteroatoms. The van der Waals surface area contributed by atoms with Gasteiger partial charge in [-0.1, -0.05) is 98.1 Å². The second-order valence-corrected chi connectivity index (χ2v) is 9.73. The Labute approximate surface area is 176 Å². The third kappa shape index (κ3) is 5.07. The molecule has 0 amide bonds. The highest BCUT2D eigenvalue weighted by Gasteiger charge is 2.26. The van der Waals surface area contributed by atoms with E-state index in [9.17, 15) is 0 Å². The van der Waals surface area contributed by atoms with Crippen molar-refractivity contribution in [3.05, 3.63) is 52.6 Å². The van der Waals surface area contributed by atoms with E-state index in [0.29, 0.717) is 17.8 Å². The normalized spacial score (nSPS) is 11.8. The van der Waals surface area contributed by atoms with Crippen LogP contribution in [0.3, 0.4) is 0 Å². The van der Waals surface area contributed by atoms with Gasteiger partial charge in [0.1, 0.15) is 0 Å². The summed E-state index contributed by atoms with van der Waals surface area (Å²) >= 11 is 0. The first-order chi connectivity index (χ1) is 13.3. The molecule has 2 rings (SSSR count). The first-order valence-electron chi connectivity index (χ1n) is 11.3. The van der Waals surface area contributed by atoms with Gasteiger partial charge in [0.2, 0.25) is 0 Å². The summed E-state index contributed by atoms with van der Waals surface area (Å²) < 4.78 is 0. The van der Waals surface area contributed by atoms with Crippen LogP contribution in [-0.2, 0) is 6.42 Å². The maximum absolute atomic E-state index is 3.14. The van der Waals surface area contributed by atoms with Crippen molar-refractivity contribution in [2.24, 2.45) is 0 Å². The Hall–Kier alpha value is -1.13. The second kappa shape index (κ2) is 10.6. The van der Waals surface area contributed by atoms with Gasteiger partial charge in [-0.3, -0.25) is 0 Å². The zero-order valence-electron chi connectivity index (χ0n) is 19.2. The van der Waals surface area contributed by atoms with E-state index in [1.54, 1.807) is 16.7 Å². The van der Waals surface area contributed by atoms with Crippen LogP contribution >= 0.6 is 9.24 Å². The highest BCUT2D eigenvalue weighted by Crippen LogP contribution is 2.42. The molecular formula is C27H41P. The summed E-state index contributed by atoms with van der Waals surface area (Å²) in [5.74, 6) is 1.58. The molecule has 2 aromatic rings. The third-order valence-corrected chi connectivity index (χ3v) is 6.47. The molecule has 0 nitrogen and oxygen atoms in total. The Kier molecular flexibility index (Phi) is 8.76. The van der Waals surface area contributed by atoms with E-state index < -0.39 is 0 Å². The molecule has 0 N–H and O–H groups in total. The summed E-state index contributed by atoms with van der Waals surface area (Å²) in [6.45, 7) is 16.5. The number of rotatable bonds is 9. The topological polar surface area (TPSA) is 0 Å². The fraction of sp³-hybridized carbons (Fsp3) is 0.556. The predicted octanol–water partition coefficient (Wildman–Crippen LogP) is 8.35. The molecule has 0 aliphatic heterocycles. The molecule has 1 unspecified atom stereocenters. The van der Waals surface area contributed by atoms with Gasteiger partial charge in [0.05, 0.1) is 0 Å². The molecule has 28 heavy (non-hydrogen) atoms. The van der Waals surface area contributed by atoms with Crippen molar-refractivity contribution in [1.29, 1.82) is 0 Å². The number of hydrogen-bond acceptors (Lipinski definition) is 0. The van der Waals surface area contributed by atoms with Gasteiger partial charge in [-0.2, -0.15) is 0 Å². The van der Waals surface area contributed by atoms with Gasteiger partial charge in [0.25, 0.3) is 0 Å². The van der Waals surface area contributed by atoms with Gasteiger partial charge in [0, 0.05) is 0 Å². The molecule has 0 heterocycles. The quantitative estimate of drug-likeness (QED) is 0.295. The average Bonchev–Trinajstić information content (AvgIpc) is 2.64. The van der Waals surface area contributed by atoms with E-state index in [1.165, 1.54) is 54.1 Å². The molecule has 0 spiro atoms. The van der Waals surface area contributed by atoms with Gasteiger partial charge in [0.15, 0.2) is 0 Å². The van der Waals surface area contributed by atoms with Crippen molar-refractivity contribution in [3.63, 3.8) is 0 Å². The second-order valence-electron chi connectivity index (χ2n) is 9.15. The smallest absolute Gasteiger partial charge is 0.0105 e. The predicted molar refractivity (Wildman–Crippen MR) is 131 cm³/mol. The van der Waals surface area contributed by atoms with Crippen LogP contribution < -0.4 is 5.30 Å². The van der Waals surface area contributed by atoms with E-state index in [0.717, 1.165) is 0 Å². The molecule has 0 aliphatic rings. The molecule has 0 fully saturated rings. The molecule has 1 atom stereocenters. The molecule has 0 saturated heterocycles. The van der Waals surface area contributed by atoms with Gasteiger partial charge >= 0.3 is 0 Å². The third-order valence-electron chi connectivity index (χ3n) is 5.84. The highest BCUT2D eigenvalue weighted by atomic mass is 31.0. The van der Waals surface area contributed by atoms with Crippen molar-refractivity contribution in [2.75, 3.05) is 0 Å². The summed E-state index contributed by atoms with van der Waals surface area (Å²) in [6.07, 6.45) is 6.49. The Bertz CT molecular complexity index is 754. The van der Waals surface area contributed by atoms with Crippen LogP contribution in [0.2, 0.25) is 0 Å². The van der Waals surface area contributed by atoms with Crippen LogP contribution in [0.1, 0.15) is 114 Å². The van der Waals surface area contributed by atoms with E-state index in [2.05, 4.69) is 88.0 Å². The van der Waals surface area contributed by atoms with Gasteiger partial charge in [-0.05, 0) is 69.3 Å². The van der Waals surface area contributed by atoms with Crippen molar-refractivity contribution < 1.29 is 0 Å². The molecule has 0 saturated carbocycles. The highest BCUT2D eigenvalue weighted by molar-refractivity contribution is 7.27. The molecule has 0 aromatic heterocycles. The van der Waals surface area contributed by atoms with Crippen LogP contribution in [0.5, 0.6) is 0 Å². The summed E-state index contributed by atoms with van der Waals surface area (Å²) in [6, 6.07) is 11.1. The van der Waals surface area contributed by atoms with Crippen LogP contribution in [0.4, 0.5) is 0 Å². The zero-order chi connectivity index (χ0) is 20.8. The summed E-state index contributed by atoms with van der Waals surface area (Å²) in [5, 5.41) is 1.46. The Morgan fingerprint density at radius 2 is 1.29 bits per heavy atom. The lowest BCUT2D eigenvalue weighted by Gasteiger charge is -2.30. The maximum atomic E-state index is 3.14. The monoisotopic (exact) mass is 396 g/mol. The van der Waals surface area contributed by atoms with Crippen molar-refractivity contribution >= 4 is 14.5 Å². The standard InChI is InChI=1S/C27H41P/c1-8-9-10-14-17-22-23(18(2)3)26(21-15-12-11-13-16-21)25(20(6)7)27(28)24(22)19(4)5/h11-13,15-16,18-20H,8-10,14,17,28H2,1-7H3. The first-order valence-corrected chi connectivity index (χ1v) is 11.9. The zero-order valence-corrected chi connectivity index (χ0v) is 20.4. The summed E-state index contributed by atoms with van der Waals surface area (Å²) in [5.41, 5.74) is 9.24. The number of unbranched alkanes of at least 4 members (excludes halogenated alkanes) is 3. The minimum atomic E-state index is 0.506. The lowest BCUT2D eigenvalue weighted by atomic mass is 9.76. The number of benzene rings is 2. The molecule has 0 aliphatic carbocycles. The van der Waals surface area contributed by atoms with E-state index >= 15 is 0 Å². The first kappa shape index (κ1) is 23.2. The minimum Gasteiger partial charge on any atom is -0.105 e. The van der Waals surface area contributed by atoms with Crippen LogP contribution in [-0.4, -0.2) is 0 Å². The molecular weight excluding hydrogens is 355 g/mol. The average molecular weight is 397 g/mol. The molecule has 0 bridgehead atoms. The van der Waals surface area contributed by atoms with Crippen LogP contribution in [0.15, 0.2) is 30.3 Å². The SMILES string of the molecule is CCCCCCc1c(C(C)C)c(P)c(C(C)C)c(-c2ccccc2)c1C(C)C. The summed E-state index contributed by atoms with van der Waals surface area (Å²) in [7, 11) is 3.14. The lowest BCUT2D eigenvalue weighted by molar-refractivity contribution is 0.656. The Morgan fingerprint density at radius 3 is 1.79 bits per heavy atom. The lowest BCUT2D eigenvalue weighted by Crippen LogP contribution is -2.20. The van der Waals surface area contributed by atoms with Crippen molar-refractivity contribution in [3.8, 4) is 11.1 Å². The van der Waals surface area contributed by atoms with Crippen LogP contribution in [0.25, 0.3) is 11.1 Å². The molecule has 2 aromatic carbocycles. The van der Waals surface area contributed by atoms with Gasteiger partial charge in [-0.25, -0.2) is 0 Å². The number of hydrogen-bond donors (Lipinski definition) is 0. The van der Waals surface area contributed by atoms with E-state index in [-0.39, 0.29) is 0 Å². The fourth-order valence-electron chi connectivity index (χ4n) is 4.69. The van der Waals surface area contributed by atoms with Crippen molar-refractivity contribution in [1.82, 2.24) is 0 Å². The van der Waals surface area contributed by atoms with Crippen molar-refractivity contribution in [2.45, 2.75) is 98.3 Å². The van der Waals surface area contributed by atoms with Crippen LogP contribution in [0, 0.1) is 0 Å². The molecule has 154 valence electrons. The fourth-order valence-corrected chi connectivity index (χ4v) is 5.68. The van der Waals surface area contributed by atoms with E-state index in [1.807, 2.05) is 0 Å². The Morgan fingerprint density at radius 1 is 0.714 bits per heavy atom. The summed E-state index contributed by atoms with van der Waals surface area (Å²) in [4.78, 5) is 0. The van der Waals surface area contributed by atoms with E-state index in [4.69, 9.17) is 0 Å². The largest absolute Gasteiger partial charge is 0.105 e. The van der Waals surface area contributed by atoms with Gasteiger partial charge < -0.3 is 0 Å². The minimum absolute atomic E-state index is 0.506. The molecule has 0 radical (unpaired) electrons. The van der Waals surface area contributed by atoms with Gasteiger partial charge in [-0.15, -0.1) is 9.24 Å². The maximum Gasteiger partial charge on any atom is -0.0105 e. The Balaban J connectivity index is 2.83.